The zero-order chi connectivity index (χ0) is 12.6. The quantitative estimate of drug-likeness (QED) is 0.911. The van der Waals surface area contributed by atoms with E-state index >= 15 is 0 Å². The van der Waals surface area contributed by atoms with E-state index in [4.69, 9.17) is 5.73 Å². The SMILES string of the molecule is CN(CC1CC1)S(=O)(=O)c1cc(Br)cnc1N. The average molecular weight is 320 g/mol. The van der Waals surface area contributed by atoms with Crippen molar-refractivity contribution in [2.75, 3.05) is 19.3 Å². The maximum absolute atomic E-state index is 12.3. The van der Waals surface area contributed by atoms with Gasteiger partial charge in [0.2, 0.25) is 10.0 Å². The Morgan fingerprint density at radius 1 is 1.59 bits per heavy atom. The summed E-state index contributed by atoms with van der Waals surface area (Å²) in [6.07, 6.45) is 3.69. The molecule has 0 radical (unpaired) electrons. The summed E-state index contributed by atoms with van der Waals surface area (Å²) in [6.45, 7) is 0.550. The summed E-state index contributed by atoms with van der Waals surface area (Å²) < 4.78 is 26.5. The molecule has 0 amide bonds. The highest BCUT2D eigenvalue weighted by Crippen LogP contribution is 2.31. The molecule has 0 aromatic carbocycles. The van der Waals surface area contributed by atoms with Crippen molar-refractivity contribution >= 4 is 31.8 Å². The molecule has 1 aliphatic carbocycles. The summed E-state index contributed by atoms with van der Waals surface area (Å²) in [5, 5.41) is 0. The Morgan fingerprint density at radius 3 is 2.82 bits per heavy atom. The Bertz CT molecular complexity index is 528. The lowest BCUT2D eigenvalue weighted by Gasteiger charge is -2.17. The molecule has 0 bridgehead atoms. The van der Waals surface area contributed by atoms with Crippen molar-refractivity contribution in [1.29, 1.82) is 0 Å². The first kappa shape index (κ1) is 12.8. The predicted molar refractivity (Wildman–Crippen MR) is 68.9 cm³/mol. The lowest BCUT2D eigenvalue weighted by molar-refractivity contribution is 0.453. The number of rotatable bonds is 4. The number of nitrogens with two attached hydrogens (primary N) is 1. The minimum Gasteiger partial charge on any atom is -0.383 e. The van der Waals surface area contributed by atoms with Crippen LogP contribution < -0.4 is 5.73 Å². The smallest absolute Gasteiger partial charge is 0.246 e. The molecule has 94 valence electrons. The van der Waals surface area contributed by atoms with Crippen molar-refractivity contribution in [3.63, 3.8) is 0 Å². The molecule has 2 N–H and O–H groups in total. The van der Waals surface area contributed by atoms with E-state index in [1.165, 1.54) is 16.6 Å². The van der Waals surface area contributed by atoms with E-state index in [9.17, 15) is 8.42 Å². The molecule has 1 fully saturated rings. The molecule has 0 saturated heterocycles. The summed E-state index contributed by atoms with van der Waals surface area (Å²) in [7, 11) is -1.95. The fraction of sp³-hybridized carbons (Fsp3) is 0.500. The lowest BCUT2D eigenvalue weighted by atomic mass is 10.4. The van der Waals surface area contributed by atoms with Crippen LogP contribution in [0.15, 0.2) is 21.6 Å². The molecule has 2 rings (SSSR count). The number of pyridine rings is 1. The Kier molecular flexibility index (Phi) is 3.42. The summed E-state index contributed by atoms with van der Waals surface area (Å²) in [5.74, 6) is 0.534. The normalized spacial score (nSPS) is 16.4. The first-order valence-electron chi connectivity index (χ1n) is 5.28. The van der Waals surface area contributed by atoms with Crippen LogP contribution in [0.3, 0.4) is 0 Å². The minimum atomic E-state index is -3.53. The van der Waals surface area contributed by atoms with Gasteiger partial charge in [0.15, 0.2) is 0 Å². The van der Waals surface area contributed by atoms with Gasteiger partial charge in [-0.2, -0.15) is 0 Å². The molecule has 5 nitrogen and oxygen atoms in total. The molecular formula is C10H14BrN3O2S. The minimum absolute atomic E-state index is 0.0378. The summed E-state index contributed by atoms with van der Waals surface area (Å²) in [4.78, 5) is 3.91. The van der Waals surface area contributed by atoms with Crippen LogP contribution in [0.25, 0.3) is 0 Å². The fourth-order valence-corrected chi connectivity index (χ4v) is 3.39. The highest BCUT2D eigenvalue weighted by Gasteiger charge is 2.30. The summed E-state index contributed by atoms with van der Waals surface area (Å²) in [5.41, 5.74) is 5.62. The first-order valence-corrected chi connectivity index (χ1v) is 7.52. The number of hydrogen-bond acceptors (Lipinski definition) is 4. The van der Waals surface area contributed by atoms with Crippen molar-refractivity contribution in [2.45, 2.75) is 17.7 Å². The van der Waals surface area contributed by atoms with Gasteiger partial charge >= 0.3 is 0 Å². The summed E-state index contributed by atoms with van der Waals surface area (Å²) in [6, 6.07) is 1.49. The lowest BCUT2D eigenvalue weighted by Crippen LogP contribution is -2.29. The summed E-state index contributed by atoms with van der Waals surface area (Å²) >= 11 is 3.20. The topological polar surface area (TPSA) is 76.3 Å². The maximum atomic E-state index is 12.3. The van der Waals surface area contributed by atoms with Gasteiger partial charge in [-0.1, -0.05) is 0 Å². The van der Waals surface area contributed by atoms with Gasteiger partial charge in [-0.15, -0.1) is 0 Å². The number of halogens is 1. The maximum Gasteiger partial charge on any atom is 0.246 e. The van der Waals surface area contributed by atoms with Crippen molar-refractivity contribution in [3.05, 3.63) is 16.7 Å². The Labute approximate surface area is 109 Å². The monoisotopic (exact) mass is 319 g/mol. The molecule has 17 heavy (non-hydrogen) atoms. The third-order valence-corrected chi connectivity index (χ3v) is 5.04. The predicted octanol–water partition coefficient (Wildman–Crippen LogP) is 1.46. The van der Waals surface area contributed by atoms with Crippen molar-refractivity contribution in [3.8, 4) is 0 Å². The molecule has 0 aliphatic heterocycles. The van der Waals surface area contributed by atoms with E-state index in [0.717, 1.165) is 12.8 Å². The highest BCUT2D eigenvalue weighted by molar-refractivity contribution is 9.10. The van der Waals surface area contributed by atoms with Crippen LogP contribution in [0.5, 0.6) is 0 Å². The van der Waals surface area contributed by atoms with Gasteiger partial charge in [0.25, 0.3) is 0 Å². The van der Waals surface area contributed by atoms with E-state index in [1.54, 1.807) is 7.05 Å². The molecule has 0 atom stereocenters. The molecule has 1 aliphatic rings. The Morgan fingerprint density at radius 2 is 2.24 bits per heavy atom. The second-order valence-corrected chi connectivity index (χ2v) is 7.19. The van der Waals surface area contributed by atoms with Crippen molar-refractivity contribution < 1.29 is 8.42 Å². The molecule has 0 unspecified atom stereocenters. The van der Waals surface area contributed by atoms with E-state index in [2.05, 4.69) is 20.9 Å². The van der Waals surface area contributed by atoms with Gasteiger partial charge in [-0.25, -0.2) is 17.7 Å². The van der Waals surface area contributed by atoms with Gasteiger partial charge in [0.1, 0.15) is 10.7 Å². The van der Waals surface area contributed by atoms with Crippen molar-refractivity contribution in [1.82, 2.24) is 9.29 Å². The molecule has 0 spiro atoms. The average Bonchev–Trinajstić information content (AvgIpc) is 3.05. The second kappa shape index (κ2) is 4.55. The van der Waals surface area contributed by atoms with E-state index in [1.807, 2.05) is 0 Å². The van der Waals surface area contributed by atoms with Crippen LogP contribution in [-0.2, 0) is 10.0 Å². The van der Waals surface area contributed by atoms with Gasteiger partial charge in [0.05, 0.1) is 0 Å². The largest absolute Gasteiger partial charge is 0.383 e. The van der Waals surface area contributed by atoms with Gasteiger partial charge in [-0.05, 0) is 40.8 Å². The molecule has 1 heterocycles. The molecule has 1 saturated carbocycles. The van der Waals surface area contributed by atoms with Crippen LogP contribution in [0.2, 0.25) is 0 Å². The molecule has 7 heteroatoms. The molecule has 1 aromatic rings. The Hall–Kier alpha value is -0.660. The standard InChI is InChI=1S/C10H14BrN3O2S/c1-14(6-7-2-3-7)17(15,16)9-4-8(11)5-13-10(9)12/h4-5,7H,2-3,6H2,1H3,(H2,12,13). The van der Waals surface area contributed by atoms with E-state index < -0.39 is 10.0 Å². The fourth-order valence-electron chi connectivity index (χ4n) is 1.57. The first-order chi connectivity index (χ1) is 7.91. The van der Waals surface area contributed by atoms with Gasteiger partial charge < -0.3 is 5.73 Å². The zero-order valence-corrected chi connectivity index (χ0v) is 11.8. The number of nitrogen functional groups attached to an aromatic ring is 1. The van der Waals surface area contributed by atoms with Crippen LogP contribution in [0, 0.1) is 5.92 Å². The number of aromatic nitrogens is 1. The van der Waals surface area contributed by atoms with Gasteiger partial charge in [-0.3, -0.25) is 0 Å². The van der Waals surface area contributed by atoms with Crippen molar-refractivity contribution in [2.24, 2.45) is 5.92 Å². The van der Waals surface area contributed by atoms with Gasteiger partial charge in [0, 0.05) is 24.3 Å². The second-order valence-electron chi connectivity index (χ2n) is 4.27. The van der Waals surface area contributed by atoms with E-state index in [-0.39, 0.29) is 10.7 Å². The highest BCUT2D eigenvalue weighted by atomic mass is 79.9. The molecular weight excluding hydrogens is 306 g/mol. The Balaban J connectivity index is 2.32. The number of sulfonamides is 1. The third kappa shape index (κ3) is 2.78. The molecule has 1 aromatic heterocycles. The van der Waals surface area contributed by atoms with Crippen LogP contribution in [0.4, 0.5) is 5.82 Å². The van der Waals surface area contributed by atoms with E-state index in [0.29, 0.717) is 16.9 Å². The number of hydrogen-bond donors (Lipinski definition) is 1. The van der Waals surface area contributed by atoms with Crippen LogP contribution in [-0.4, -0.2) is 31.3 Å². The number of anilines is 1. The van der Waals surface area contributed by atoms with Crippen LogP contribution >= 0.6 is 15.9 Å². The van der Waals surface area contributed by atoms with Crippen LogP contribution in [0.1, 0.15) is 12.8 Å². The third-order valence-electron chi connectivity index (χ3n) is 2.75. The zero-order valence-electron chi connectivity index (χ0n) is 9.43. The number of nitrogens with zero attached hydrogens (tertiary/aromatic N) is 2.